The van der Waals surface area contributed by atoms with Gasteiger partial charge in [0.2, 0.25) is 0 Å². The second kappa shape index (κ2) is 9.85. The van der Waals surface area contributed by atoms with Crippen molar-refractivity contribution < 1.29 is 33.4 Å². The number of aromatic nitrogens is 1. The lowest BCUT2D eigenvalue weighted by molar-refractivity contribution is 0.0589. The minimum Gasteiger partial charge on any atom is -0.496 e. The van der Waals surface area contributed by atoms with Gasteiger partial charge >= 0.3 is 18.0 Å². The number of anilines is 2. The first-order valence-electron chi connectivity index (χ1n) is 10.2. The van der Waals surface area contributed by atoms with Crippen LogP contribution in [0.2, 0.25) is 0 Å². The van der Waals surface area contributed by atoms with E-state index in [1.807, 2.05) is 41.1 Å². The van der Waals surface area contributed by atoms with E-state index < -0.39 is 29.4 Å². The first kappa shape index (κ1) is 23.8. The number of thiophene rings is 1. The molecule has 3 N–H and O–H groups in total. The van der Waals surface area contributed by atoms with E-state index in [9.17, 15) is 23.9 Å². The van der Waals surface area contributed by atoms with Crippen LogP contribution in [0.3, 0.4) is 0 Å². The molecule has 0 bridgehead atoms. The summed E-state index contributed by atoms with van der Waals surface area (Å²) in [6, 6.07) is 11.5. The maximum absolute atomic E-state index is 14.7. The number of methoxy groups -OCH3 is 2. The lowest BCUT2D eigenvalue weighted by Gasteiger charge is -2.15. The van der Waals surface area contributed by atoms with Gasteiger partial charge in [-0.1, -0.05) is 18.2 Å². The molecule has 4 aromatic rings. The topological polar surface area (TPSA) is 119 Å². The first-order valence-corrected chi connectivity index (χ1v) is 11.1. The second-order valence-electron chi connectivity index (χ2n) is 7.38. The number of para-hydroxylation sites is 1. The largest absolute Gasteiger partial charge is 0.496 e. The Labute approximate surface area is 202 Å². The molecule has 2 amide bonds. The summed E-state index contributed by atoms with van der Waals surface area (Å²) in [4.78, 5) is 35.9. The second-order valence-corrected chi connectivity index (χ2v) is 8.26. The Morgan fingerprint density at radius 2 is 1.83 bits per heavy atom. The fourth-order valence-electron chi connectivity index (χ4n) is 3.65. The molecule has 0 radical (unpaired) electrons. The van der Waals surface area contributed by atoms with E-state index >= 15 is 0 Å². The van der Waals surface area contributed by atoms with Crippen molar-refractivity contribution in [3.05, 3.63) is 75.9 Å². The average molecular weight is 498 g/mol. The number of amides is 2. The standard InChI is InChI=1S/C24H20FN3O6S/c1-33-19-10-15(25)16(9-14(19)11-28-8-7-13-5-3-4-6-18(13)28)26-24(32)27-17-12-35-21(23(31)34-2)20(17)22(29)30/h3-10,12H,11H2,1-2H3,(H,29,30)(H2,26,27,32). The highest BCUT2D eigenvalue weighted by Gasteiger charge is 2.25. The van der Waals surface area contributed by atoms with E-state index in [1.165, 1.54) is 24.6 Å². The summed E-state index contributed by atoms with van der Waals surface area (Å²) in [6.07, 6.45) is 1.90. The van der Waals surface area contributed by atoms with Gasteiger partial charge in [-0.25, -0.2) is 18.8 Å². The molecule has 0 saturated heterocycles. The summed E-state index contributed by atoms with van der Waals surface area (Å²) in [5.74, 6) is -2.69. The predicted molar refractivity (Wildman–Crippen MR) is 129 cm³/mol. The van der Waals surface area contributed by atoms with Gasteiger partial charge in [0, 0.05) is 28.7 Å². The van der Waals surface area contributed by atoms with Crippen LogP contribution in [0.1, 0.15) is 25.6 Å². The van der Waals surface area contributed by atoms with E-state index in [2.05, 4.69) is 15.4 Å². The molecule has 0 fully saturated rings. The molecule has 0 unspecified atom stereocenters. The van der Waals surface area contributed by atoms with Crippen LogP contribution in [0.5, 0.6) is 5.75 Å². The highest BCUT2D eigenvalue weighted by atomic mass is 32.1. The molecule has 0 spiro atoms. The van der Waals surface area contributed by atoms with Crippen LogP contribution in [-0.2, 0) is 11.3 Å². The number of rotatable bonds is 7. The number of fused-ring (bicyclic) bond motifs is 1. The lowest BCUT2D eigenvalue weighted by Crippen LogP contribution is -2.22. The molecule has 0 saturated carbocycles. The maximum Gasteiger partial charge on any atom is 0.349 e. The van der Waals surface area contributed by atoms with Crippen LogP contribution < -0.4 is 15.4 Å². The van der Waals surface area contributed by atoms with Crippen molar-refractivity contribution in [2.24, 2.45) is 0 Å². The molecule has 2 aromatic heterocycles. The summed E-state index contributed by atoms with van der Waals surface area (Å²) in [7, 11) is 2.54. The number of hydrogen-bond acceptors (Lipinski definition) is 6. The summed E-state index contributed by atoms with van der Waals surface area (Å²) in [6.45, 7) is 0.351. The van der Waals surface area contributed by atoms with Gasteiger partial charge in [0.1, 0.15) is 22.0 Å². The molecule has 4 rings (SSSR count). The van der Waals surface area contributed by atoms with E-state index in [0.29, 0.717) is 17.9 Å². The minimum absolute atomic E-state index is 0.117. The van der Waals surface area contributed by atoms with Crippen molar-refractivity contribution in [2.45, 2.75) is 6.54 Å². The van der Waals surface area contributed by atoms with Gasteiger partial charge < -0.3 is 29.8 Å². The Morgan fingerprint density at radius 3 is 2.54 bits per heavy atom. The monoisotopic (exact) mass is 497 g/mol. The molecule has 9 nitrogen and oxygen atoms in total. The third-order valence-corrected chi connectivity index (χ3v) is 6.22. The van der Waals surface area contributed by atoms with Gasteiger partial charge in [-0.05, 0) is 23.6 Å². The van der Waals surface area contributed by atoms with E-state index in [0.717, 1.165) is 29.3 Å². The van der Waals surface area contributed by atoms with Gasteiger partial charge in [0.05, 0.1) is 32.1 Å². The van der Waals surface area contributed by atoms with Crippen molar-refractivity contribution >= 4 is 51.6 Å². The molecule has 0 atom stereocenters. The SMILES string of the molecule is COC(=O)c1scc(NC(=O)Nc2cc(Cn3ccc4ccccc43)c(OC)cc2F)c1C(=O)O. The molecule has 0 aliphatic rings. The molecule has 35 heavy (non-hydrogen) atoms. The number of nitrogens with zero attached hydrogens (tertiary/aromatic N) is 1. The third kappa shape index (κ3) is 4.80. The molecular weight excluding hydrogens is 477 g/mol. The van der Waals surface area contributed by atoms with Crippen molar-refractivity contribution in [3.63, 3.8) is 0 Å². The fraction of sp³-hybridized carbons (Fsp3) is 0.125. The number of carboxylic acids is 1. The Balaban J connectivity index is 1.59. The van der Waals surface area contributed by atoms with Crippen molar-refractivity contribution in [2.75, 3.05) is 24.9 Å². The van der Waals surface area contributed by atoms with Gasteiger partial charge in [0.25, 0.3) is 0 Å². The minimum atomic E-state index is -1.42. The third-order valence-electron chi connectivity index (χ3n) is 5.26. The van der Waals surface area contributed by atoms with Crippen LogP contribution in [0, 0.1) is 5.82 Å². The van der Waals surface area contributed by atoms with E-state index in [-0.39, 0.29) is 16.3 Å². The Morgan fingerprint density at radius 1 is 1.09 bits per heavy atom. The number of urea groups is 1. The number of ether oxygens (including phenoxy) is 2. The van der Waals surface area contributed by atoms with Crippen LogP contribution in [0.4, 0.5) is 20.6 Å². The highest BCUT2D eigenvalue weighted by molar-refractivity contribution is 7.13. The quantitative estimate of drug-likeness (QED) is 0.308. The van der Waals surface area contributed by atoms with Crippen molar-refractivity contribution in [1.82, 2.24) is 4.57 Å². The van der Waals surface area contributed by atoms with Crippen LogP contribution in [-0.4, -0.2) is 41.9 Å². The zero-order valence-corrected chi connectivity index (χ0v) is 19.4. The average Bonchev–Trinajstić information content (AvgIpc) is 3.45. The van der Waals surface area contributed by atoms with Crippen LogP contribution >= 0.6 is 11.3 Å². The molecular formula is C24H20FN3O6S. The molecule has 2 aromatic carbocycles. The lowest BCUT2D eigenvalue weighted by atomic mass is 10.1. The van der Waals surface area contributed by atoms with Gasteiger partial charge in [-0.2, -0.15) is 0 Å². The smallest absolute Gasteiger partial charge is 0.349 e. The number of esters is 1. The van der Waals surface area contributed by atoms with Crippen molar-refractivity contribution in [3.8, 4) is 5.75 Å². The molecule has 0 aliphatic heterocycles. The molecule has 2 heterocycles. The van der Waals surface area contributed by atoms with Gasteiger partial charge in [0.15, 0.2) is 0 Å². The van der Waals surface area contributed by atoms with Crippen LogP contribution in [0.15, 0.2) is 54.0 Å². The number of halogens is 1. The van der Waals surface area contributed by atoms with E-state index in [1.54, 1.807) is 0 Å². The van der Waals surface area contributed by atoms with E-state index in [4.69, 9.17) is 4.74 Å². The number of aromatic carboxylic acids is 1. The number of carbonyl (C=O) groups excluding carboxylic acids is 2. The summed E-state index contributed by atoms with van der Waals surface area (Å²) >= 11 is 0.808. The molecule has 0 aliphatic carbocycles. The summed E-state index contributed by atoms with van der Waals surface area (Å²) in [5.41, 5.74) is 0.933. The Hall–Kier alpha value is -4.38. The fourth-order valence-corrected chi connectivity index (χ4v) is 4.56. The number of carboxylic acid groups (broad SMARTS) is 1. The van der Waals surface area contributed by atoms with Gasteiger partial charge in [-0.3, -0.25) is 0 Å². The highest BCUT2D eigenvalue weighted by Crippen LogP contribution is 2.30. The molecule has 180 valence electrons. The first-order chi connectivity index (χ1) is 16.8. The summed E-state index contributed by atoms with van der Waals surface area (Å²) < 4.78 is 26.6. The zero-order valence-electron chi connectivity index (χ0n) is 18.6. The van der Waals surface area contributed by atoms with Crippen molar-refractivity contribution in [1.29, 1.82) is 0 Å². The van der Waals surface area contributed by atoms with Crippen LogP contribution in [0.25, 0.3) is 10.9 Å². The van der Waals surface area contributed by atoms with Gasteiger partial charge in [-0.15, -0.1) is 11.3 Å². The Kier molecular flexibility index (Phi) is 6.69. The predicted octanol–water partition coefficient (Wildman–Crippen LogP) is 5.03. The number of hydrogen-bond donors (Lipinski definition) is 3. The molecule has 11 heteroatoms. The number of nitrogens with one attached hydrogen (secondary N) is 2. The Bertz CT molecular complexity index is 1440. The normalized spacial score (nSPS) is 10.7. The number of carbonyl (C=O) groups is 3. The maximum atomic E-state index is 14.7. The zero-order chi connectivity index (χ0) is 25.1. The summed E-state index contributed by atoms with van der Waals surface area (Å²) in [5, 5.41) is 16.6. The number of benzene rings is 2.